The largest absolute Gasteiger partial charge is 0.387 e. The fraction of sp³-hybridized carbons (Fsp3) is 0.900. The van der Waals surface area contributed by atoms with Gasteiger partial charge in [0.2, 0.25) is 5.91 Å². The second-order valence-electron chi connectivity index (χ2n) is 4.43. The maximum atomic E-state index is 11.3. The number of hydrogen-bond donors (Lipinski definition) is 1. The lowest BCUT2D eigenvalue weighted by molar-refractivity contribution is -0.139. The van der Waals surface area contributed by atoms with Crippen LogP contribution in [0, 0.1) is 5.41 Å². The lowest BCUT2D eigenvalue weighted by Crippen LogP contribution is -2.49. The molecule has 1 heterocycles. The summed E-state index contributed by atoms with van der Waals surface area (Å²) in [5.41, 5.74) is 0.448. The van der Waals surface area contributed by atoms with Crippen molar-refractivity contribution < 1.29 is 9.90 Å². The van der Waals surface area contributed by atoms with Crippen molar-refractivity contribution >= 4 is 5.91 Å². The number of likely N-dealkylation sites (tertiary alicyclic amines) is 1. The van der Waals surface area contributed by atoms with Crippen LogP contribution in [0.2, 0.25) is 0 Å². The van der Waals surface area contributed by atoms with Gasteiger partial charge in [-0.3, -0.25) is 4.79 Å². The van der Waals surface area contributed by atoms with Crippen LogP contribution in [-0.4, -0.2) is 35.6 Å². The molecule has 0 aromatic heterocycles. The number of hydrogen-bond acceptors (Lipinski definition) is 2. The minimum Gasteiger partial charge on any atom is -0.387 e. The van der Waals surface area contributed by atoms with Gasteiger partial charge in [-0.2, -0.15) is 0 Å². The molecule has 3 heteroatoms. The second kappa shape index (κ2) is 3.29. The average Bonchev–Trinajstić information content (AvgIpc) is 2.14. The van der Waals surface area contributed by atoms with Gasteiger partial charge in [0, 0.05) is 13.1 Å². The molecule has 1 aliphatic carbocycles. The summed E-state index contributed by atoms with van der Waals surface area (Å²) in [7, 11) is 0. The molecule has 1 saturated carbocycles. The summed E-state index contributed by atoms with van der Waals surface area (Å²) in [6.45, 7) is 1.42. The quantitative estimate of drug-likeness (QED) is 0.652. The molecule has 2 rings (SSSR count). The predicted octanol–water partition coefficient (Wildman–Crippen LogP) is 0.771. The first-order valence-corrected chi connectivity index (χ1v) is 5.14. The smallest absolute Gasteiger partial charge is 0.248 e. The van der Waals surface area contributed by atoms with Crippen molar-refractivity contribution in [3.05, 3.63) is 0 Å². The van der Waals surface area contributed by atoms with Gasteiger partial charge in [0.15, 0.2) is 0 Å². The molecule has 13 heavy (non-hydrogen) atoms. The predicted molar refractivity (Wildman–Crippen MR) is 49.2 cm³/mol. The summed E-state index contributed by atoms with van der Waals surface area (Å²) >= 11 is 0. The number of nitrogens with zero attached hydrogens (tertiary/aromatic N) is 1. The number of piperidine rings is 1. The van der Waals surface area contributed by atoms with Crippen LogP contribution in [-0.2, 0) is 4.79 Å². The second-order valence-corrected chi connectivity index (χ2v) is 4.43. The Morgan fingerprint density at radius 3 is 2.54 bits per heavy atom. The highest BCUT2D eigenvalue weighted by Gasteiger charge is 2.41. The molecule has 0 aromatic carbocycles. The first-order chi connectivity index (χ1) is 6.26. The molecule has 1 amide bonds. The van der Waals surface area contributed by atoms with Gasteiger partial charge in [0.1, 0.15) is 6.61 Å². The molecule has 2 fully saturated rings. The number of carbonyl (C=O) groups excluding carboxylic acids is 1. The van der Waals surface area contributed by atoms with Crippen molar-refractivity contribution in [1.82, 2.24) is 4.90 Å². The molecule has 0 atom stereocenters. The molecular weight excluding hydrogens is 166 g/mol. The Morgan fingerprint density at radius 1 is 1.31 bits per heavy atom. The van der Waals surface area contributed by atoms with Crippen molar-refractivity contribution in [2.45, 2.75) is 32.1 Å². The van der Waals surface area contributed by atoms with Crippen molar-refractivity contribution in [2.24, 2.45) is 5.41 Å². The van der Waals surface area contributed by atoms with E-state index in [2.05, 4.69) is 0 Å². The lowest BCUT2D eigenvalue weighted by Gasteiger charge is -2.48. The summed E-state index contributed by atoms with van der Waals surface area (Å²) in [5, 5.41) is 8.76. The fourth-order valence-corrected chi connectivity index (χ4v) is 2.61. The minimum absolute atomic E-state index is 0.0917. The SMILES string of the molecule is O=C(CO)N1CCCC2(CCC2)C1. The zero-order valence-corrected chi connectivity index (χ0v) is 7.96. The van der Waals surface area contributed by atoms with E-state index in [0.29, 0.717) is 5.41 Å². The molecule has 1 spiro atoms. The van der Waals surface area contributed by atoms with E-state index >= 15 is 0 Å². The zero-order chi connectivity index (χ0) is 9.31. The highest BCUT2D eigenvalue weighted by atomic mass is 16.3. The molecule has 3 nitrogen and oxygen atoms in total. The molecule has 0 aromatic rings. The molecule has 2 aliphatic rings. The highest BCUT2D eigenvalue weighted by Crippen LogP contribution is 2.47. The van der Waals surface area contributed by atoms with E-state index in [1.165, 1.54) is 25.7 Å². The van der Waals surface area contributed by atoms with Gasteiger partial charge in [-0.1, -0.05) is 6.42 Å². The molecule has 0 unspecified atom stereocenters. The van der Waals surface area contributed by atoms with Crippen LogP contribution in [0.1, 0.15) is 32.1 Å². The molecule has 0 bridgehead atoms. The van der Waals surface area contributed by atoms with Gasteiger partial charge in [0.05, 0.1) is 0 Å². The van der Waals surface area contributed by atoms with Crippen LogP contribution in [0.5, 0.6) is 0 Å². The summed E-state index contributed by atoms with van der Waals surface area (Å²) in [6.07, 6.45) is 6.28. The first-order valence-electron chi connectivity index (χ1n) is 5.14. The van der Waals surface area contributed by atoms with Crippen molar-refractivity contribution in [1.29, 1.82) is 0 Å². The molecule has 1 aliphatic heterocycles. The number of rotatable bonds is 1. The van der Waals surface area contributed by atoms with E-state index in [1.54, 1.807) is 0 Å². The molecule has 0 radical (unpaired) electrons. The Balaban J connectivity index is 1.95. The average molecular weight is 183 g/mol. The van der Waals surface area contributed by atoms with Crippen molar-refractivity contribution in [3.8, 4) is 0 Å². The summed E-state index contributed by atoms with van der Waals surface area (Å²) in [4.78, 5) is 13.1. The maximum absolute atomic E-state index is 11.3. The van der Waals surface area contributed by atoms with Gasteiger partial charge in [-0.05, 0) is 31.1 Å². The van der Waals surface area contributed by atoms with Gasteiger partial charge in [-0.25, -0.2) is 0 Å². The topological polar surface area (TPSA) is 40.5 Å². The standard InChI is InChI=1S/C10H17NO2/c12-7-9(13)11-6-2-5-10(8-11)3-1-4-10/h12H,1-8H2. The van der Waals surface area contributed by atoms with E-state index < -0.39 is 0 Å². The lowest BCUT2D eigenvalue weighted by atomic mass is 9.64. The van der Waals surface area contributed by atoms with Crippen LogP contribution in [0.3, 0.4) is 0 Å². The molecular formula is C10H17NO2. The normalized spacial score (nSPS) is 25.8. The summed E-state index contributed by atoms with van der Waals surface area (Å²) < 4.78 is 0. The monoisotopic (exact) mass is 183 g/mol. The Labute approximate surface area is 78.7 Å². The van der Waals surface area contributed by atoms with Crippen LogP contribution in [0.15, 0.2) is 0 Å². The fourth-order valence-electron chi connectivity index (χ4n) is 2.61. The number of amides is 1. The van der Waals surface area contributed by atoms with E-state index in [-0.39, 0.29) is 12.5 Å². The van der Waals surface area contributed by atoms with Crippen LogP contribution in [0.25, 0.3) is 0 Å². The Bertz CT molecular complexity index is 211. The van der Waals surface area contributed by atoms with Gasteiger partial charge < -0.3 is 10.0 Å². The maximum Gasteiger partial charge on any atom is 0.248 e. The van der Waals surface area contributed by atoms with Crippen molar-refractivity contribution in [2.75, 3.05) is 19.7 Å². The van der Waals surface area contributed by atoms with Crippen LogP contribution >= 0.6 is 0 Å². The highest BCUT2D eigenvalue weighted by molar-refractivity contribution is 5.77. The van der Waals surface area contributed by atoms with E-state index in [9.17, 15) is 4.79 Å². The summed E-state index contributed by atoms with van der Waals surface area (Å²) in [5.74, 6) is -0.0917. The first kappa shape index (κ1) is 9.00. The van der Waals surface area contributed by atoms with E-state index in [4.69, 9.17) is 5.11 Å². The minimum atomic E-state index is -0.323. The van der Waals surface area contributed by atoms with Crippen LogP contribution in [0.4, 0.5) is 0 Å². The third kappa shape index (κ3) is 1.57. The third-order valence-electron chi connectivity index (χ3n) is 3.56. The Kier molecular flexibility index (Phi) is 2.28. The Morgan fingerprint density at radius 2 is 2.00 bits per heavy atom. The van der Waals surface area contributed by atoms with Crippen LogP contribution < -0.4 is 0 Å². The summed E-state index contributed by atoms with van der Waals surface area (Å²) in [6, 6.07) is 0. The van der Waals surface area contributed by atoms with Gasteiger partial charge >= 0.3 is 0 Å². The molecule has 74 valence electrons. The molecule has 1 N–H and O–H groups in total. The Hall–Kier alpha value is -0.570. The van der Waals surface area contributed by atoms with Gasteiger partial charge in [-0.15, -0.1) is 0 Å². The van der Waals surface area contributed by atoms with Crippen molar-refractivity contribution in [3.63, 3.8) is 0 Å². The molecule has 1 saturated heterocycles. The number of carbonyl (C=O) groups is 1. The van der Waals surface area contributed by atoms with E-state index in [1.807, 2.05) is 4.90 Å². The number of aliphatic hydroxyl groups is 1. The third-order valence-corrected chi connectivity index (χ3v) is 3.56. The van der Waals surface area contributed by atoms with E-state index in [0.717, 1.165) is 19.5 Å². The van der Waals surface area contributed by atoms with Gasteiger partial charge in [0.25, 0.3) is 0 Å². The zero-order valence-electron chi connectivity index (χ0n) is 7.96. The number of aliphatic hydroxyl groups excluding tert-OH is 1.